The normalized spacial score (nSPS) is 12.4. The third kappa shape index (κ3) is 6.86. The van der Waals surface area contributed by atoms with Crippen LogP contribution in [-0.4, -0.2) is 35.9 Å². The number of benzene rings is 2. The van der Waals surface area contributed by atoms with Crippen LogP contribution in [0.4, 0.5) is 4.39 Å². The third-order valence-corrected chi connectivity index (χ3v) is 5.41. The van der Waals surface area contributed by atoms with Crippen LogP contribution in [0, 0.1) is 22.6 Å². The number of hydrogen-bond donors (Lipinski definition) is 2. The zero-order valence-corrected chi connectivity index (χ0v) is 18.0. The van der Waals surface area contributed by atoms with Gasteiger partial charge in [0.2, 0.25) is 0 Å². The Hall–Kier alpha value is -2.40. The molecule has 0 aliphatic rings. The first-order chi connectivity index (χ1) is 13.8. The van der Waals surface area contributed by atoms with E-state index in [9.17, 15) is 4.39 Å². The molecular weight excluding hydrogens is 387 g/mol. The van der Waals surface area contributed by atoms with Crippen molar-refractivity contribution in [2.75, 3.05) is 20.6 Å². The Bertz CT molecular complexity index is 864. The van der Waals surface area contributed by atoms with Gasteiger partial charge in [-0.05, 0) is 63.8 Å². The summed E-state index contributed by atoms with van der Waals surface area (Å²) in [4.78, 5) is 0. The van der Waals surface area contributed by atoms with E-state index in [4.69, 9.17) is 15.4 Å². The highest BCUT2D eigenvalue weighted by molar-refractivity contribution is 7.99. The molecular formula is C22H27FN4OS. The highest BCUT2D eigenvalue weighted by Gasteiger charge is 2.22. The van der Waals surface area contributed by atoms with E-state index in [1.165, 1.54) is 24.2 Å². The van der Waals surface area contributed by atoms with Crippen LogP contribution in [0.3, 0.4) is 0 Å². The summed E-state index contributed by atoms with van der Waals surface area (Å²) in [5.74, 6) is 0.293. The van der Waals surface area contributed by atoms with Gasteiger partial charge in [0.1, 0.15) is 18.2 Å². The Morgan fingerprint density at radius 1 is 1.31 bits per heavy atom. The van der Waals surface area contributed by atoms with E-state index in [1.54, 1.807) is 31.3 Å². The molecule has 0 saturated carbocycles. The Labute approximate surface area is 176 Å². The summed E-state index contributed by atoms with van der Waals surface area (Å²) >= 11 is 1.53. The maximum atomic E-state index is 14.5. The molecule has 0 spiro atoms. The van der Waals surface area contributed by atoms with Gasteiger partial charge < -0.3 is 15.5 Å². The molecule has 29 heavy (non-hydrogen) atoms. The molecule has 0 bridgehead atoms. The van der Waals surface area contributed by atoms with Crippen molar-refractivity contribution >= 4 is 18.2 Å². The zero-order valence-electron chi connectivity index (χ0n) is 17.2. The van der Waals surface area contributed by atoms with E-state index >= 15 is 0 Å². The smallest absolute Gasteiger partial charge is 0.128 e. The number of nitriles is 1. The first-order valence-corrected chi connectivity index (χ1v) is 10.1. The second-order valence-electron chi connectivity index (χ2n) is 7.27. The van der Waals surface area contributed by atoms with Crippen LogP contribution in [0.1, 0.15) is 36.6 Å². The van der Waals surface area contributed by atoms with Gasteiger partial charge in [0.25, 0.3) is 0 Å². The van der Waals surface area contributed by atoms with Gasteiger partial charge >= 0.3 is 0 Å². The van der Waals surface area contributed by atoms with E-state index in [2.05, 4.69) is 11.4 Å². The molecule has 5 nitrogen and oxygen atoms in total. The molecule has 0 heterocycles. The largest absolute Gasteiger partial charge is 0.489 e. The number of nitrogens with one attached hydrogen (secondary N) is 2. The van der Waals surface area contributed by atoms with Crippen molar-refractivity contribution in [2.24, 2.45) is 0 Å². The fourth-order valence-electron chi connectivity index (χ4n) is 2.79. The van der Waals surface area contributed by atoms with Crippen molar-refractivity contribution < 1.29 is 9.13 Å². The standard InChI is InChI=1S/C22H27FN4OS/c1-22(2,15-25)29-27(4)13-21(26-3)19-11-18(9-10-20(19)23)28-14-17-7-5-16(12-24)6-8-17/h5-11,15,21,25-26H,13-14H2,1-4H3. The van der Waals surface area contributed by atoms with Gasteiger partial charge in [-0.3, -0.25) is 4.31 Å². The molecule has 0 amide bonds. The molecule has 2 aromatic carbocycles. The molecule has 0 saturated heterocycles. The average Bonchev–Trinajstić information content (AvgIpc) is 2.71. The first kappa shape index (κ1) is 22.9. The highest BCUT2D eigenvalue weighted by atomic mass is 32.2. The summed E-state index contributed by atoms with van der Waals surface area (Å²) < 4.78 is 22.0. The zero-order chi connectivity index (χ0) is 21.4. The van der Waals surface area contributed by atoms with E-state index in [1.807, 2.05) is 37.3 Å². The summed E-state index contributed by atoms with van der Waals surface area (Å²) in [6, 6.07) is 13.8. The van der Waals surface area contributed by atoms with Gasteiger partial charge in [-0.2, -0.15) is 5.26 Å². The molecule has 1 atom stereocenters. The van der Waals surface area contributed by atoms with Gasteiger partial charge in [0.15, 0.2) is 0 Å². The summed E-state index contributed by atoms with van der Waals surface area (Å²) in [5, 5.41) is 19.5. The van der Waals surface area contributed by atoms with Crippen LogP contribution in [0.25, 0.3) is 0 Å². The van der Waals surface area contributed by atoms with Crippen molar-refractivity contribution in [1.82, 2.24) is 9.62 Å². The Balaban J connectivity index is 2.08. The second kappa shape index (κ2) is 10.4. The Morgan fingerprint density at radius 2 is 2.00 bits per heavy atom. The van der Waals surface area contributed by atoms with E-state index in [0.29, 0.717) is 30.0 Å². The van der Waals surface area contributed by atoms with Gasteiger partial charge in [0, 0.05) is 24.4 Å². The fourth-order valence-corrected chi connectivity index (χ4v) is 3.87. The van der Waals surface area contributed by atoms with E-state index < -0.39 is 0 Å². The van der Waals surface area contributed by atoms with E-state index in [0.717, 1.165) is 5.56 Å². The number of hydrogen-bond acceptors (Lipinski definition) is 6. The quantitative estimate of drug-likeness (QED) is 0.441. The Morgan fingerprint density at radius 3 is 2.59 bits per heavy atom. The number of rotatable bonds is 10. The maximum Gasteiger partial charge on any atom is 0.128 e. The van der Waals surface area contributed by atoms with Crippen LogP contribution >= 0.6 is 11.9 Å². The van der Waals surface area contributed by atoms with Crippen LogP contribution in [0.2, 0.25) is 0 Å². The Kier molecular flexibility index (Phi) is 8.21. The summed E-state index contributed by atoms with van der Waals surface area (Å²) in [6.45, 7) is 4.83. The van der Waals surface area contributed by atoms with Gasteiger partial charge in [-0.15, -0.1) is 0 Å². The van der Waals surface area contributed by atoms with Crippen molar-refractivity contribution in [3.8, 4) is 11.8 Å². The van der Waals surface area contributed by atoms with Crippen LogP contribution in [-0.2, 0) is 6.61 Å². The maximum absolute atomic E-state index is 14.5. The minimum atomic E-state index is -0.322. The topological polar surface area (TPSA) is 72.1 Å². The fraction of sp³-hybridized carbons (Fsp3) is 0.364. The molecule has 7 heteroatoms. The molecule has 2 N–H and O–H groups in total. The lowest BCUT2D eigenvalue weighted by Gasteiger charge is -2.29. The van der Waals surface area contributed by atoms with Crippen LogP contribution in [0.15, 0.2) is 42.5 Å². The van der Waals surface area contributed by atoms with Gasteiger partial charge in [-0.1, -0.05) is 24.1 Å². The van der Waals surface area contributed by atoms with Gasteiger partial charge in [0.05, 0.1) is 16.4 Å². The predicted octanol–water partition coefficient (Wildman–Crippen LogP) is 4.55. The molecule has 0 aliphatic carbocycles. The monoisotopic (exact) mass is 414 g/mol. The third-order valence-electron chi connectivity index (χ3n) is 4.36. The lowest BCUT2D eigenvalue weighted by Crippen LogP contribution is -2.32. The molecule has 0 fully saturated rings. The summed E-state index contributed by atoms with van der Waals surface area (Å²) in [7, 11) is 3.73. The first-order valence-electron chi connectivity index (χ1n) is 9.28. The minimum Gasteiger partial charge on any atom is -0.489 e. The molecule has 2 aromatic rings. The number of nitrogens with zero attached hydrogens (tertiary/aromatic N) is 2. The SMILES string of the molecule is CNC(CN(C)SC(C)(C)C=N)c1cc(OCc2ccc(C#N)cc2)ccc1F. The average molecular weight is 415 g/mol. The lowest BCUT2D eigenvalue weighted by molar-refractivity contribution is 0.304. The van der Waals surface area contributed by atoms with Gasteiger partial charge in [-0.25, -0.2) is 4.39 Å². The summed E-state index contributed by atoms with van der Waals surface area (Å²) in [6.07, 6.45) is 1.40. The highest BCUT2D eigenvalue weighted by Crippen LogP contribution is 2.29. The molecule has 0 aromatic heterocycles. The number of likely N-dealkylation sites (N-methyl/N-ethyl adjacent to an activating group) is 2. The molecule has 0 radical (unpaired) electrons. The van der Waals surface area contributed by atoms with Crippen molar-refractivity contribution in [3.05, 3.63) is 65.0 Å². The van der Waals surface area contributed by atoms with E-state index in [-0.39, 0.29) is 16.6 Å². The molecule has 154 valence electrons. The predicted molar refractivity (Wildman–Crippen MR) is 117 cm³/mol. The van der Waals surface area contributed by atoms with Crippen LogP contribution in [0.5, 0.6) is 5.75 Å². The van der Waals surface area contributed by atoms with Crippen molar-refractivity contribution in [1.29, 1.82) is 10.7 Å². The number of ether oxygens (including phenoxy) is 1. The van der Waals surface area contributed by atoms with Crippen LogP contribution < -0.4 is 10.1 Å². The minimum absolute atomic E-state index is 0.229. The summed E-state index contributed by atoms with van der Waals surface area (Å²) in [5.41, 5.74) is 2.07. The van der Waals surface area contributed by atoms with Crippen molar-refractivity contribution in [2.45, 2.75) is 31.2 Å². The number of halogens is 1. The van der Waals surface area contributed by atoms with Crippen molar-refractivity contribution in [3.63, 3.8) is 0 Å². The lowest BCUT2D eigenvalue weighted by atomic mass is 10.1. The second-order valence-corrected chi connectivity index (χ2v) is 9.13. The molecule has 0 aliphatic heterocycles. The molecule has 1 unspecified atom stereocenters. The molecule has 2 rings (SSSR count).